The number of carbonyl (C=O) groups is 1. The fourth-order valence-electron chi connectivity index (χ4n) is 4.99. The zero-order valence-corrected chi connectivity index (χ0v) is 23.7. The molecule has 38 heavy (non-hydrogen) atoms. The van der Waals surface area contributed by atoms with Gasteiger partial charge in [-0.2, -0.15) is 3.89 Å². The Kier molecular flexibility index (Phi) is 12.1. The third-order valence-electron chi connectivity index (χ3n) is 6.91. The van der Waals surface area contributed by atoms with E-state index in [4.69, 9.17) is 21.1 Å². The molecule has 0 bridgehead atoms. The van der Waals surface area contributed by atoms with Crippen molar-refractivity contribution in [3.63, 3.8) is 0 Å². The van der Waals surface area contributed by atoms with Gasteiger partial charge >= 0.3 is 0 Å². The van der Waals surface area contributed by atoms with Crippen LogP contribution in [0, 0.1) is 11.7 Å². The van der Waals surface area contributed by atoms with Crippen molar-refractivity contribution >= 4 is 47.0 Å². The van der Waals surface area contributed by atoms with E-state index in [1.54, 1.807) is 25.3 Å². The maximum absolute atomic E-state index is 13.3. The minimum atomic E-state index is -1.43. The van der Waals surface area contributed by atoms with E-state index in [9.17, 15) is 28.4 Å². The first-order chi connectivity index (χ1) is 18.1. The van der Waals surface area contributed by atoms with Crippen molar-refractivity contribution in [3.05, 3.63) is 41.7 Å². The van der Waals surface area contributed by atoms with Gasteiger partial charge < -0.3 is 35.4 Å². The van der Waals surface area contributed by atoms with Gasteiger partial charge in [-0.25, -0.2) is 4.39 Å². The standard InChI is InChI=1S/C24H32ClFN2O6S.CH3FS/c1-11(25)16(22-19(30)18(29)20(31)24(34-22)35-2)28-23(32)17-21-14(10-27-17)9-13(7-8-33-21)12-3-5-15(26)6-4-12;1-3-2/h3-6,9,11,14,16-22,24,27,29-31H,7-8,10H2,1-2H3,(H,28,32);1H3/t11-,14-,16+,17-,18+,19?,20+,21+,22+,24?;/m0./s1. The molecule has 0 spiro atoms. The summed E-state index contributed by atoms with van der Waals surface area (Å²) in [7, 11) is 0. The lowest BCUT2D eigenvalue weighted by atomic mass is 9.92. The van der Waals surface area contributed by atoms with Crippen LogP contribution < -0.4 is 10.6 Å². The van der Waals surface area contributed by atoms with E-state index in [2.05, 4.69) is 16.7 Å². The van der Waals surface area contributed by atoms with Crippen LogP contribution in [0.4, 0.5) is 8.28 Å². The van der Waals surface area contributed by atoms with E-state index in [1.165, 1.54) is 30.2 Å². The van der Waals surface area contributed by atoms with Crippen molar-refractivity contribution in [3.8, 4) is 0 Å². The number of alkyl halides is 1. The Bertz CT molecular complexity index is 945. The maximum Gasteiger partial charge on any atom is 0.240 e. The Morgan fingerprint density at radius 2 is 1.84 bits per heavy atom. The maximum atomic E-state index is 13.3. The van der Waals surface area contributed by atoms with E-state index in [-0.39, 0.29) is 29.8 Å². The molecule has 214 valence electrons. The molecule has 0 aromatic heterocycles. The van der Waals surface area contributed by atoms with Crippen molar-refractivity contribution < 1.29 is 37.9 Å². The van der Waals surface area contributed by atoms with Gasteiger partial charge in [0, 0.05) is 30.9 Å². The van der Waals surface area contributed by atoms with Gasteiger partial charge in [0.15, 0.2) is 0 Å². The molecule has 2 saturated heterocycles. The molecule has 4 rings (SSSR count). The smallest absolute Gasteiger partial charge is 0.240 e. The number of amides is 1. The van der Waals surface area contributed by atoms with Crippen LogP contribution in [0.2, 0.25) is 0 Å². The number of hydrogen-bond donors (Lipinski definition) is 5. The summed E-state index contributed by atoms with van der Waals surface area (Å²) in [6, 6.07) is 4.85. The van der Waals surface area contributed by atoms with Crippen LogP contribution in [0.25, 0.3) is 5.57 Å². The van der Waals surface area contributed by atoms with Crippen molar-refractivity contribution in [1.29, 1.82) is 0 Å². The summed E-state index contributed by atoms with van der Waals surface area (Å²) in [5, 5.41) is 36.5. The molecule has 0 aliphatic carbocycles. The number of aliphatic hydroxyl groups is 3. The molecule has 0 saturated carbocycles. The van der Waals surface area contributed by atoms with Crippen molar-refractivity contribution in [2.24, 2.45) is 5.92 Å². The summed E-state index contributed by atoms with van der Waals surface area (Å²) in [6.45, 7) is 2.60. The highest BCUT2D eigenvalue weighted by Crippen LogP contribution is 2.32. The number of fused-ring (bicyclic) bond motifs is 1. The lowest BCUT2D eigenvalue weighted by molar-refractivity contribution is -0.205. The highest BCUT2D eigenvalue weighted by molar-refractivity contribution is 7.99. The molecule has 3 aliphatic rings. The van der Waals surface area contributed by atoms with Crippen LogP contribution in [0.15, 0.2) is 30.3 Å². The molecule has 0 radical (unpaired) electrons. The van der Waals surface area contributed by atoms with Crippen molar-refractivity contribution in [2.45, 2.75) is 66.8 Å². The highest BCUT2D eigenvalue weighted by atomic mass is 35.5. The quantitative estimate of drug-likeness (QED) is 0.315. The van der Waals surface area contributed by atoms with Crippen LogP contribution >= 0.6 is 35.5 Å². The van der Waals surface area contributed by atoms with Gasteiger partial charge in [-0.05, 0) is 42.9 Å². The molecule has 1 aromatic rings. The molecule has 2 fully saturated rings. The van der Waals surface area contributed by atoms with Crippen LogP contribution in [0.3, 0.4) is 0 Å². The molecule has 10 atom stereocenters. The number of aliphatic hydroxyl groups excluding tert-OH is 3. The van der Waals surface area contributed by atoms with E-state index >= 15 is 0 Å². The Morgan fingerprint density at radius 1 is 1.18 bits per heavy atom. The van der Waals surface area contributed by atoms with Gasteiger partial charge in [0.25, 0.3) is 0 Å². The zero-order valence-electron chi connectivity index (χ0n) is 21.3. The van der Waals surface area contributed by atoms with Gasteiger partial charge in [0.2, 0.25) is 5.91 Å². The Morgan fingerprint density at radius 3 is 2.45 bits per heavy atom. The number of thioether (sulfide) groups is 1. The van der Waals surface area contributed by atoms with Crippen LogP contribution in [0.1, 0.15) is 18.9 Å². The lowest BCUT2D eigenvalue weighted by Crippen LogP contribution is -2.65. The average molecular weight is 597 g/mol. The predicted molar refractivity (Wildman–Crippen MR) is 146 cm³/mol. The summed E-state index contributed by atoms with van der Waals surface area (Å²) in [6.07, 6.45) is 0.259. The second-order valence-corrected chi connectivity index (χ2v) is 11.3. The number of ether oxygens (including phenoxy) is 2. The highest BCUT2D eigenvalue weighted by Gasteiger charge is 2.49. The molecular weight excluding hydrogens is 562 g/mol. The summed E-state index contributed by atoms with van der Waals surface area (Å²) in [5.41, 5.74) is 1.19. The van der Waals surface area contributed by atoms with Crippen molar-refractivity contribution in [2.75, 3.05) is 25.7 Å². The number of benzene rings is 1. The largest absolute Gasteiger partial charge is 0.388 e. The molecular formula is C25H35ClF2N2O6S2. The third kappa shape index (κ3) is 7.41. The Balaban J connectivity index is 0.00000127. The van der Waals surface area contributed by atoms with Gasteiger partial charge in [0.05, 0.1) is 24.1 Å². The van der Waals surface area contributed by atoms with E-state index in [0.29, 0.717) is 19.6 Å². The molecule has 3 heterocycles. The van der Waals surface area contributed by atoms with Crippen LogP contribution in [0.5, 0.6) is 0 Å². The third-order valence-corrected chi connectivity index (χ3v) is 8.04. The number of rotatable bonds is 6. The zero-order chi connectivity index (χ0) is 28.0. The normalized spacial score (nSPS) is 34.6. The first kappa shape index (κ1) is 31.6. The summed E-state index contributed by atoms with van der Waals surface area (Å²) < 4.78 is 35.4. The fourth-order valence-corrected chi connectivity index (χ4v) is 5.87. The van der Waals surface area contributed by atoms with Crippen LogP contribution in [-0.4, -0.2) is 100 Å². The monoisotopic (exact) mass is 596 g/mol. The van der Waals surface area contributed by atoms with Gasteiger partial charge in [-0.15, -0.1) is 23.4 Å². The molecule has 2 unspecified atom stereocenters. The minimum absolute atomic E-state index is 0.0606. The van der Waals surface area contributed by atoms with E-state index in [0.717, 1.165) is 11.1 Å². The SMILES string of the molecule is CSC1O[C@H]([C@H](NC(=O)[C@H]2NC[C@@H]3C=C(c4ccc(F)cc4)CCO[C@@H]23)[C@H](C)Cl)C(O)[C@@H](O)[C@H]1O.CSF. The molecule has 13 heteroatoms. The van der Waals surface area contributed by atoms with Gasteiger partial charge in [-0.1, -0.05) is 18.2 Å². The summed E-state index contributed by atoms with van der Waals surface area (Å²) in [4.78, 5) is 13.3. The lowest BCUT2D eigenvalue weighted by Gasteiger charge is -2.44. The molecule has 8 nitrogen and oxygen atoms in total. The van der Waals surface area contributed by atoms with Gasteiger partial charge in [0.1, 0.15) is 41.7 Å². The number of carbonyl (C=O) groups excluding carboxylic acids is 1. The molecule has 1 aromatic carbocycles. The number of hydrogen-bond acceptors (Lipinski definition) is 9. The average Bonchev–Trinajstić information content (AvgIpc) is 3.17. The topological polar surface area (TPSA) is 120 Å². The molecule has 3 aliphatic heterocycles. The number of nitrogens with one attached hydrogen (secondary N) is 2. The predicted octanol–water partition coefficient (Wildman–Crippen LogP) is 2.10. The Hall–Kier alpha value is -0.960. The van der Waals surface area contributed by atoms with E-state index in [1.807, 2.05) is 0 Å². The second-order valence-electron chi connectivity index (χ2n) is 9.38. The van der Waals surface area contributed by atoms with E-state index < -0.39 is 53.4 Å². The number of halogens is 3. The van der Waals surface area contributed by atoms with Crippen molar-refractivity contribution in [1.82, 2.24) is 10.6 Å². The minimum Gasteiger partial charge on any atom is -0.388 e. The van der Waals surface area contributed by atoms with Crippen LogP contribution in [-0.2, 0) is 14.3 Å². The first-order valence-corrected chi connectivity index (χ1v) is 15.1. The Labute approximate surface area is 235 Å². The second kappa shape index (κ2) is 14.6. The van der Waals surface area contributed by atoms with Gasteiger partial charge in [-0.3, -0.25) is 4.79 Å². The first-order valence-electron chi connectivity index (χ1n) is 12.3. The summed E-state index contributed by atoms with van der Waals surface area (Å²) in [5.74, 6) is -0.710. The molecule has 5 N–H and O–H groups in total. The molecule has 1 amide bonds. The fraction of sp³-hybridized carbons (Fsp3) is 0.640. The summed E-state index contributed by atoms with van der Waals surface area (Å²) >= 11 is 7.83.